The molecule has 2 unspecified atom stereocenters. The van der Waals surface area contributed by atoms with Crippen molar-refractivity contribution in [3.05, 3.63) is 52.7 Å². The van der Waals surface area contributed by atoms with Crippen LogP contribution < -0.4 is 20.9 Å². The van der Waals surface area contributed by atoms with E-state index in [-0.39, 0.29) is 17.9 Å². The van der Waals surface area contributed by atoms with Gasteiger partial charge in [0.15, 0.2) is 0 Å². The number of amides is 2. The van der Waals surface area contributed by atoms with Gasteiger partial charge in [-0.25, -0.2) is 4.57 Å². The van der Waals surface area contributed by atoms with Crippen LogP contribution in [0.4, 0.5) is 11.5 Å². The van der Waals surface area contributed by atoms with Crippen LogP contribution in [0.15, 0.2) is 36.5 Å². The molecule has 0 saturated heterocycles. The summed E-state index contributed by atoms with van der Waals surface area (Å²) in [5.41, 5.74) is 13.9. The second kappa shape index (κ2) is 7.09. The molecular formula is C21H24ClN4O2+. The highest BCUT2D eigenvalue weighted by atomic mass is 35.5. The Balaban J connectivity index is 1.77. The standard InChI is InChI=1S/C21H23ClN4O2/c1-12(27)26-18-6-4-14(21(24)28)8-15(18)9-16(20(26)13-2-3-13)10-25-11-17(22)5-7-19(25)23/h4-8,11,13,16,20,23H,2-3,9-10H2,1H3,(H2,24,28)/p+1. The normalized spacial score (nSPS) is 21.3. The maximum Gasteiger partial charge on any atom is 0.272 e. The van der Waals surface area contributed by atoms with Gasteiger partial charge in [0.1, 0.15) is 6.20 Å². The first kappa shape index (κ1) is 18.7. The van der Waals surface area contributed by atoms with Crippen molar-refractivity contribution in [2.75, 3.05) is 10.6 Å². The molecule has 0 radical (unpaired) electrons. The summed E-state index contributed by atoms with van der Waals surface area (Å²) in [6.07, 6.45) is 4.82. The summed E-state index contributed by atoms with van der Waals surface area (Å²) < 4.78 is 1.95. The highest BCUT2D eigenvalue weighted by Gasteiger charge is 2.46. The van der Waals surface area contributed by atoms with Gasteiger partial charge in [-0.2, -0.15) is 0 Å². The molecule has 146 valence electrons. The van der Waals surface area contributed by atoms with Crippen LogP contribution in [0.25, 0.3) is 0 Å². The van der Waals surface area contributed by atoms with Crippen LogP contribution in [0.2, 0.25) is 5.02 Å². The average Bonchev–Trinajstić information content (AvgIpc) is 3.47. The topological polar surface area (TPSA) is 93.3 Å². The van der Waals surface area contributed by atoms with Crippen LogP contribution in [0.5, 0.6) is 0 Å². The average molecular weight is 400 g/mol. The minimum absolute atomic E-state index is 0.0127. The van der Waals surface area contributed by atoms with E-state index in [0.717, 1.165) is 30.5 Å². The van der Waals surface area contributed by atoms with Gasteiger partial charge >= 0.3 is 0 Å². The van der Waals surface area contributed by atoms with Crippen LogP contribution in [-0.2, 0) is 17.8 Å². The fourth-order valence-corrected chi connectivity index (χ4v) is 4.62. The Labute approximate surface area is 169 Å². The largest absolute Gasteiger partial charge is 0.366 e. The van der Waals surface area contributed by atoms with E-state index in [9.17, 15) is 9.59 Å². The molecule has 6 nitrogen and oxygen atoms in total. The fourth-order valence-electron chi connectivity index (χ4n) is 4.44. The monoisotopic (exact) mass is 399 g/mol. The lowest BCUT2D eigenvalue weighted by atomic mass is 9.82. The summed E-state index contributed by atoms with van der Waals surface area (Å²) in [5, 5.41) is 0.618. The van der Waals surface area contributed by atoms with E-state index in [1.807, 2.05) is 27.8 Å². The summed E-state index contributed by atoms with van der Waals surface area (Å²) in [4.78, 5) is 26.2. The number of carbonyl (C=O) groups excluding carboxylic acids is 2. The number of rotatable bonds is 4. The summed E-state index contributed by atoms with van der Waals surface area (Å²) in [6.45, 7) is 2.25. The summed E-state index contributed by atoms with van der Waals surface area (Å²) >= 11 is 6.17. The second-order valence-electron chi connectivity index (χ2n) is 7.81. The molecule has 4 N–H and O–H groups in total. The quantitative estimate of drug-likeness (QED) is 0.772. The van der Waals surface area contributed by atoms with Crippen molar-refractivity contribution in [1.82, 2.24) is 0 Å². The molecule has 0 bridgehead atoms. The van der Waals surface area contributed by atoms with Crippen molar-refractivity contribution in [2.24, 2.45) is 17.6 Å². The number of carbonyl (C=O) groups is 2. The van der Waals surface area contributed by atoms with Gasteiger partial charge in [0.05, 0.1) is 11.6 Å². The minimum atomic E-state index is -0.466. The molecule has 1 aromatic heterocycles. The molecule has 2 aliphatic rings. The number of hydrogen-bond donors (Lipinski definition) is 2. The molecule has 1 fully saturated rings. The van der Waals surface area contributed by atoms with Crippen LogP contribution in [-0.4, -0.2) is 17.9 Å². The number of hydrogen-bond acceptors (Lipinski definition) is 3. The molecule has 2 aromatic rings. The van der Waals surface area contributed by atoms with E-state index < -0.39 is 5.91 Å². The molecule has 1 aromatic carbocycles. The second-order valence-corrected chi connectivity index (χ2v) is 8.25. The van der Waals surface area contributed by atoms with Crippen molar-refractivity contribution < 1.29 is 14.2 Å². The smallest absolute Gasteiger partial charge is 0.272 e. The van der Waals surface area contributed by atoms with Crippen LogP contribution >= 0.6 is 11.6 Å². The van der Waals surface area contributed by atoms with Gasteiger partial charge in [0.2, 0.25) is 11.8 Å². The fraction of sp³-hybridized carbons (Fsp3) is 0.381. The number of fused-ring (bicyclic) bond motifs is 1. The molecule has 1 aliphatic heterocycles. The van der Waals surface area contributed by atoms with Crippen molar-refractivity contribution in [2.45, 2.75) is 38.8 Å². The van der Waals surface area contributed by atoms with Gasteiger partial charge in [-0.15, -0.1) is 0 Å². The van der Waals surface area contributed by atoms with Gasteiger partial charge in [-0.05, 0) is 55.0 Å². The van der Waals surface area contributed by atoms with E-state index in [2.05, 4.69) is 0 Å². The molecule has 0 spiro atoms. The maximum absolute atomic E-state index is 12.6. The number of nitrogens with zero attached hydrogens (tertiary/aromatic N) is 2. The first-order valence-electron chi connectivity index (χ1n) is 9.52. The number of halogens is 1. The molecule has 7 heteroatoms. The number of pyridine rings is 1. The number of benzene rings is 1. The zero-order valence-electron chi connectivity index (χ0n) is 15.8. The van der Waals surface area contributed by atoms with E-state index in [4.69, 9.17) is 23.1 Å². The predicted octanol–water partition coefficient (Wildman–Crippen LogP) is 2.31. The molecule has 2 amide bonds. The van der Waals surface area contributed by atoms with Gasteiger partial charge in [0.25, 0.3) is 5.82 Å². The van der Waals surface area contributed by atoms with Gasteiger partial charge in [-0.1, -0.05) is 11.6 Å². The molecule has 2 atom stereocenters. The van der Waals surface area contributed by atoms with E-state index in [0.29, 0.717) is 28.9 Å². The zero-order valence-corrected chi connectivity index (χ0v) is 16.5. The number of aromatic nitrogens is 1. The summed E-state index contributed by atoms with van der Waals surface area (Å²) in [5.74, 6) is 0.826. The lowest BCUT2D eigenvalue weighted by Gasteiger charge is -2.42. The Morgan fingerprint density at radius 2 is 2.00 bits per heavy atom. The third kappa shape index (κ3) is 3.44. The third-order valence-corrected chi connectivity index (χ3v) is 6.01. The molecular weight excluding hydrogens is 376 g/mol. The molecule has 4 rings (SSSR count). The summed E-state index contributed by atoms with van der Waals surface area (Å²) in [7, 11) is 0. The van der Waals surface area contributed by atoms with Crippen molar-refractivity contribution in [1.29, 1.82) is 0 Å². The summed E-state index contributed by atoms with van der Waals surface area (Å²) in [6, 6.07) is 9.03. The Kier molecular flexibility index (Phi) is 4.75. The van der Waals surface area contributed by atoms with Gasteiger partial charge < -0.3 is 10.6 Å². The number of primary amides is 1. The van der Waals surface area contributed by atoms with Crippen molar-refractivity contribution in [3.63, 3.8) is 0 Å². The highest BCUT2D eigenvalue weighted by Crippen LogP contribution is 2.45. The molecule has 2 heterocycles. The van der Waals surface area contributed by atoms with Crippen molar-refractivity contribution in [3.8, 4) is 0 Å². The lowest BCUT2D eigenvalue weighted by Crippen LogP contribution is -2.54. The molecule has 28 heavy (non-hydrogen) atoms. The van der Waals surface area contributed by atoms with E-state index >= 15 is 0 Å². The van der Waals surface area contributed by atoms with Crippen molar-refractivity contribution >= 4 is 34.9 Å². The van der Waals surface area contributed by atoms with Gasteiger partial charge in [0, 0.05) is 36.2 Å². The SMILES string of the molecule is CC(=O)N1c2ccc(C(N)=O)cc2CC(C[n+]2cc(Cl)ccc2N)C1C1CC1. The van der Waals surface area contributed by atoms with Crippen LogP contribution in [0.3, 0.4) is 0 Å². The number of anilines is 2. The Morgan fingerprint density at radius 1 is 1.25 bits per heavy atom. The van der Waals surface area contributed by atoms with Gasteiger partial charge in [-0.3, -0.25) is 15.3 Å². The van der Waals surface area contributed by atoms with E-state index in [1.54, 1.807) is 25.1 Å². The number of nitrogens with two attached hydrogens (primary N) is 2. The first-order chi connectivity index (χ1) is 13.3. The minimum Gasteiger partial charge on any atom is -0.366 e. The number of nitrogen functional groups attached to an aromatic ring is 1. The molecule has 1 saturated carbocycles. The highest BCUT2D eigenvalue weighted by molar-refractivity contribution is 6.30. The maximum atomic E-state index is 12.6. The molecule has 1 aliphatic carbocycles. The van der Waals surface area contributed by atoms with Crippen LogP contribution in [0, 0.1) is 11.8 Å². The third-order valence-electron chi connectivity index (χ3n) is 5.79. The predicted molar refractivity (Wildman–Crippen MR) is 108 cm³/mol. The first-order valence-corrected chi connectivity index (χ1v) is 9.90. The lowest BCUT2D eigenvalue weighted by molar-refractivity contribution is -0.689. The Morgan fingerprint density at radius 3 is 2.64 bits per heavy atom. The van der Waals surface area contributed by atoms with E-state index in [1.165, 1.54) is 0 Å². The Hall–Kier alpha value is -2.60. The van der Waals surface area contributed by atoms with Crippen LogP contribution in [0.1, 0.15) is 35.7 Å². The Bertz CT molecular complexity index is 957. The zero-order chi connectivity index (χ0) is 20.0.